The number of aromatic nitrogens is 2. The van der Waals surface area contributed by atoms with Crippen LogP contribution in [0, 0.1) is 0 Å². The summed E-state index contributed by atoms with van der Waals surface area (Å²) in [6.07, 6.45) is 1.63. The molecule has 2 rings (SSSR count). The Labute approximate surface area is 140 Å². The highest BCUT2D eigenvalue weighted by Gasteiger charge is 2.17. The number of carbonyl (C=O) groups excluding carboxylic acids is 1. The van der Waals surface area contributed by atoms with Gasteiger partial charge in [-0.3, -0.25) is 4.79 Å². The van der Waals surface area contributed by atoms with E-state index in [1.807, 2.05) is 13.0 Å². The lowest BCUT2D eigenvalue weighted by Crippen LogP contribution is -2.18. The second kappa shape index (κ2) is 7.06. The fourth-order valence-electron chi connectivity index (χ4n) is 1.80. The van der Waals surface area contributed by atoms with E-state index in [2.05, 4.69) is 30.8 Å². The SMILES string of the molecule is CCCc1nnsc1C(=O)Nc1cc(Br)ccc1C(N)=S. The van der Waals surface area contributed by atoms with Crippen molar-refractivity contribution < 1.29 is 4.79 Å². The Morgan fingerprint density at radius 3 is 2.95 bits per heavy atom. The van der Waals surface area contributed by atoms with Crippen LogP contribution in [-0.2, 0) is 6.42 Å². The van der Waals surface area contributed by atoms with E-state index in [9.17, 15) is 4.79 Å². The van der Waals surface area contributed by atoms with Gasteiger partial charge in [0.25, 0.3) is 5.91 Å². The lowest BCUT2D eigenvalue weighted by Gasteiger charge is -2.10. The molecule has 1 amide bonds. The quantitative estimate of drug-likeness (QED) is 0.773. The van der Waals surface area contributed by atoms with Crippen molar-refractivity contribution >= 4 is 56.3 Å². The van der Waals surface area contributed by atoms with E-state index in [1.54, 1.807) is 12.1 Å². The predicted molar refractivity (Wildman–Crippen MR) is 91.9 cm³/mol. The molecular formula is C13H13BrN4OS2. The first kappa shape index (κ1) is 16.0. The van der Waals surface area contributed by atoms with Crippen LogP contribution < -0.4 is 11.1 Å². The van der Waals surface area contributed by atoms with E-state index >= 15 is 0 Å². The number of aryl methyl sites for hydroxylation is 1. The van der Waals surface area contributed by atoms with E-state index in [0.29, 0.717) is 21.8 Å². The lowest BCUT2D eigenvalue weighted by molar-refractivity contribution is 0.102. The van der Waals surface area contributed by atoms with Crippen molar-refractivity contribution in [3.63, 3.8) is 0 Å². The maximum atomic E-state index is 12.4. The number of thiocarbonyl (C=S) groups is 1. The maximum absolute atomic E-state index is 12.4. The number of nitrogens with two attached hydrogens (primary N) is 1. The van der Waals surface area contributed by atoms with Crippen LogP contribution in [-0.4, -0.2) is 20.5 Å². The third kappa shape index (κ3) is 3.84. The highest BCUT2D eigenvalue weighted by atomic mass is 79.9. The van der Waals surface area contributed by atoms with Crippen LogP contribution in [0.1, 0.15) is 34.3 Å². The molecule has 5 nitrogen and oxygen atoms in total. The first-order valence-electron chi connectivity index (χ1n) is 6.24. The van der Waals surface area contributed by atoms with Crippen molar-refractivity contribution in [1.29, 1.82) is 0 Å². The van der Waals surface area contributed by atoms with Crippen molar-refractivity contribution in [2.75, 3.05) is 5.32 Å². The molecule has 0 fully saturated rings. The third-order valence-electron chi connectivity index (χ3n) is 2.74. The summed E-state index contributed by atoms with van der Waals surface area (Å²) in [5.74, 6) is -0.246. The number of rotatable bonds is 5. The molecule has 110 valence electrons. The Morgan fingerprint density at radius 1 is 1.52 bits per heavy atom. The Hall–Kier alpha value is -1.38. The number of amides is 1. The van der Waals surface area contributed by atoms with Gasteiger partial charge in [-0.2, -0.15) is 0 Å². The monoisotopic (exact) mass is 384 g/mol. The van der Waals surface area contributed by atoms with Gasteiger partial charge in [0.2, 0.25) is 0 Å². The van der Waals surface area contributed by atoms with Gasteiger partial charge in [-0.1, -0.05) is 46.0 Å². The van der Waals surface area contributed by atoms with Crippen molar-refractivity contribution in [3.8, 4) is 0 Å². The minimum absolute atomic E-state index is 0.231. The first-order valence-corrected chi connectivity index (χ1v) is 8.22. The molecule has 8 heteroatoms. The Balaban J connectivity index is 2.29. The Morgan fingerprint density at radius 2 is 2.29 bits per heavy atom. The normalized spacial score (nSPS) is 10.4. The second-order valence-electron chi connectivity index (χ2n) is 4.31. The summed E-state index contributed by atoms with van der Waals surface area (Å²) in [5, 5.41) is 6.82. The highest BCUT2D eigenvalue weighted by molar-refractivity contribution is 9.10. The standard InChI is InChI=1S/C13H13BrN4OS2/c1-2-3-9-11(21-18-17-9)13(19)16-10-6-7(14)4-5-8(10)12(15)20/h4-6H,2-3H2,1H3,(H2,15,20)(H,16,19). The summed E-state index contributed by atoms with van der Waals surface area (Å²) in [4.78, 5) is 13.1. The molecule has 1 heterocycles. The van der Waals surface area contributed by atoms with Gasteiger partial charge in [0.05, 0.1) is 11.4 Å². The van der Waals surface area contributed by atoms with E-state index < -0.39 is 0 Å². The summed E-state index contributed by atoms with van der Waals surface area (Å²) in [6, 6.07) is 5.35. The topological polar surface area (TPSA) is 80.9 Å². The van der Waals surface area contributed by atoms with Crippen LogP contribution in [0.25, 0.3) is 0 Å². The fraction of sp³-hybridized carbons (Fsp3) is 0.231. The van der Waals surface area contributed by atoms with Gasteiger partial charge in [-0.05, 0) is 36.2 Å². The molecule has 0 aliphatic carbocycles. The van der Waals surface area contributed by atoms with Gasteiger partial charge >= 0.3 is 0 Å². The number of hydrogen-bond acceptors (Lipinski definition) is 5. The van der Waals surface area contributed by atoms with Crippen LogP contribution in [0.5, 0.6) is 0 Å². The van der Waals surface area contributed by atoms with Gasteiger partial charge in [-0.15, -0.1) is 5.10 Å². The minimum Gasteiger partial charge on any atom is -0.389 e. The predicted octanol–water partition coefficient (Wildman–Crippen LogP) is 3.14. The van der Waals surface area contributed by atoms with Gasteiger partial charge in [0.1, 0.15) is 9.87 Å². The number of nitrogens with zero attached hydrogens (tertiary/aromatic N) is 2. The molecule has 0 unspecified atom stereocenters. The molecule has 1 aromatic carbocycles. The molecule has 1 aromatic heterocycles. The molecule has 0 radical (unpaired) electrons. The zero-order valence-electron chi connectivity index (χ0n) is 11.2. The first-order chi connectivity index (χ1) is 10.0. The molecule has 0 aliphatic heterocycles. The molecule has 21 heavy (non-hydrogen) atoms. The second-order valence-corrected chi connectivity index (χ2v) is 6.42. The maximum Gasteiger partial charge on any atom is 0.269 e. The number of benzene rings is 1. The van der Waals surface area contributed by atoms with Gasteiger partial charge in [0.15, 0.2) is 0 Å². The van der Waals surface area contributed by atoms with Crippen LogP contribution >= 0.6 is 39.7 Å². The molecule has 0 bridgehead atoms. The van der Waals surface area contributed by atoms with Crippen LogP contribution in [0.15, 0.2) is 22.7 Å². The molecule has 0 saturated carbocycles. The van der Waals surface area contributed by atoms with Crippen LogP contribution in [0.3, 0.4) is 0 Å². The summed E-state index contributed by atoms with van der Waals surface area (Å²) in [7, 11) is 0. The fourth-order valence-corrected chi connectivity index (χ4v) is 2.94. The van der Waals surface area contributed by atoms with E-state index in [4.69, 9.17) is 18.0 Å². The molecule has 3 N–H and O–H groups in total. The van der Waals surface area contributed by atoms with E-state index in [0.717, 1.165) is 28.8 Å². The van der Waals surface area contributed by atoms with Crippen molar-refractivity contribution in [1.82, 2.24) is 9.59 Å². The molecule has 2 aromatic rings. The number of nitrogens with one attached hydrogen (secondary N) is 1. The van der Waals surface area contributed by atoms with Gasteiger partial charge in [-0.25, -0.2) is 0 Å². The number of halogens is 1. The molecule has 0 spiro atoms. The zero-order valence-corrected chi connectivity index (χ0v) is 14.4. The summed E-state index contributed by atoms with van der Waals surface area (Å²) >= 11 is 9.45. The zero-order chi connectivity index (χ0) is 15.4. The molecule has 0 saturated heterocycles. The number of carbonyl (C=O) groups is 1. The van der Waals surface area contributed by atoms with Gasteiger partial charge < -0.3 is 11.1 Å². The number of anilines is 1. The average molecular weight is 385 g/mol. The summed E-state index contributed by atoms with van der Waals surface area (Å²) in [6.45, 7) is 2.03. The van der Waals surface area contributed by atoms with Crippen LogP contribution in [0.4, 0.5) is 5.69 Å². The third-order valence-corrected chi connectivity index (χ3v) is 4.22. The minimum atomic E-state index is -0.246. The van der Waals surface area contributed by atoms with Gasteiger partial charge in [0, 0.05) is 10.0 Å². The molecule has 0 aliphatic rings. The van der Waals surface area contributed by atoms with Crippen molar-refractivity contribution in [2.24, 2.45) is 5.73 Å². The highest BCUT2D eigenvalue weighted by Crippen LogP contribution is 2.23. The Kier molecular flexibility index (Phi) is 5.38. The van der Waals surface area contributed by atoms with Crippen molar-refractivity contribution in [3.05, 3.63) is 38.8 Å². The van der Waals surface area contributed by atoms with Crippen LogP contribution in [0.2, 0.25) is 0 Å². The molecule has 0 atom stereocenters. The summed E-state index contributed by atoms with van der Waals surface area (Å²) < 4.78 is 4.68. The number of hydrogen-bond donors (Lipinski definition) is 2. The molecular weight excluding hydrogens is 372 g/mol. The van der Waals surface area contributed by atoms with Crippen molar-refractivity contribution in [2.45, 2.75) is 19.8 Å². The van der Waals surface area contributed by atoms with E-state index in [-0.39, 0.29) is 10.9 Å². The Bertz CT molecular complexity index is 687. The smallest absolute Gasteiger partial charge is 0.269 e. The van der Waals surface area contributed by atoms with E-state index in [1.165, 1.54) is 0 Å². The average Bonchev–Trinajstić information content (AvgIpc) is 2.87. The lowest BCUT2D eigenvalue weighted by atomic mass is 10.1. The largest absolute Gasteiger partial charge is 0.389 e. The summed E-state index contributed by atoms with van der Waals surface area (Å²) in [5.41, 5.74) is 7.58.